The summed E-state index contributed by atoms with van der Waals surface area (Å²) in [6.45, 7) is 1.77. The van der Waals surface area contributed by atoms with Gasteiger partial charge in [-0.3, -0.25) is 9.88 Å². The number of hydrogen-bond donors (Lipinski definition) is 1. The molecule has 0 amide bonds. The van der Waals surface area contributed by atoms with Gasteiger partial charge in [-0.2, -0.15) is 0 Å². The number of nitrogens with zero attached hydrogens (tertiary/aromatic N) is 2. The standard InChI is InChI=1S/C19H19ClN2O2/c20-17-11-21-9-8-16(17)13-22(12-15-5-2-1-3-6-15)14-18(23)19-7-4-10-24-19/h1-11,18,23H,12-14H2. The van der Waals surface area contributed by atoms with Crippen LogP contribution in [0, 0.1) is 0 Å². The van der Waals surface area contributed by atoms with E-state index in [1.54, 1.807) is 30.8 Å². The van der Waals surface area contributed by atoms with E-state index in [0.29, 0.717) is 30.4 Å². The third kappa shape index (κ3) is 4.45. The molecule has 0 aliphatic carbocycles. The molecule has 1 aromatic carbocycles. The summed E-state index contributed by atoms with van der Waals surface area (Å²) in [6, 6.07) is 15.6. The molecule has 2 aromatic heterocycles. The molecule has 0 fully saturated rings. The molecule has 3 rings (SSSR count). The van der Waals surface area contributed by atoms with Gasteiger partial charge in [0.2, 0.25) is 0 Å². The zero-order valence-electron chi connectivity index (χ0n) is 13.2. The molecule has 24 heavy (non-hydrogen) atoms. The van der Waals surface area contributed by atoms with Gasteiger partial charge in [0.25, 0.3) is 0 Å². The van der Waals surface area contributed by atoms with Crippen molar-refractivity contribution < 1.29 is 9.52 Å². The Bertz CT molecular complexity index is 747. The van der Waals surface area contributed by atoms with E-state index in [1.165, 1.54) is 5.56 Å². The Labute approximate surface area is 146 Å². The fourth-order valence-corrected chi connectivity index (χ4v) is 2.79. The van der Waals surface area contributed by atoms with E-state index in [-0.39, 0.29) is 0 Å². The van der Waals surface area contributed by atoms with Crippen molar-refractivity contribution in [3.8, 4) is 0 Å². The summed E-state index contributed by atoms with van der Waals surface area (Å²) in [5.41, 5.74) is 2.16. The summed E-state index contributed by atoms with van der Waals surface area (Å²) in [6.07, 6.45) is 4.25. The minimum atomic E-state index is -0.690. The highest BCUT2D eigenvalue weighted by atomic mass is 35.5. The number of halogens is 1. The maximum atomic E-state index is 10.4. The van der Waals surface area contributed by atoms with Crippen LogP contribution in [0.5, 0.6) is 0 Å². The normalized spacial score (nSPS) is 12.5. The Balaban J connectivity index is 1.76. The van der Waals surface area contributed by atoms with Crippen LogP contribution in [0.1, 0.15) is 23.0 Å². The predicted octanol–water partition coefficient (Wildman–Crippen LogP) is 4.06. The molecule has 4 nitrogen and oxygen atoms in total. The lowest BCUT2D eigenvalue weighted by Crippen LogP contribution is -2.28. The zero-order valence-corrected chi connectivity index (χ0v) is 13.9. The van der Waals surface area contributed by atoms with Crippen molar-refractivity contribution in [1.82, 2.24) is 9.88 Å². The second kappa shape index (κ2) is 8.11. The van der Waals surface area contributed by atoms with Crippen molar-refractivity contribution >= 4 is 11.6 Å². The molecule has 0 aliphatic heterocycles. The smallest absolute Gasteiger partial charge is 0.133 e. The third-order valence-electron chi connectivity index (χ3n) is 3.80. The van der Waals surface area contributed by atoms with Gasteiger partial charge in [0, 0.05) is 32.0 Å². The van der Waals surface area contributed by atoms with Gasteiger partial charge >= 0.3 is 0 Å². The van der Waals surface area contributed by atoms with Crippen molar-refractivity contribution in [2.45, 2.75) is 19.2 Å². The average Bonchev–Trinajstić information content (AvgIpc) is 3.12. The van der Waals surface area contributed by atoms with E-state index in [1.807, 2.05) is 24.3 Å². The molecule has 2 heterocycles. The SMILES string of the molecule is OC(CN(Cc1ccccc1)Cc1ccncc1Cl)c1ccco1. The number of hydrogen-bond acceptors (Lipinski definition) is 4. The molecule has 1 unspecified atom stereocenters. The van der Waals surface area contributed by atoms with Crippen LogP contribution in [-0.4, -0.2) is 21.5 Å². The summed E-state index contributed by atoms with van der Waals surface area (Å²) < 4.78 is 5.31. The van der Waals surface area contributed by atoms with Gasteiger partial charge in [0.15, 0.2) is 0 Å². The van der Waals surface area contributed by atoms with E-state index in [4.69, 9.17) is 16.0 Å². The topological polar surface area (TPSA) is 49.5 Å². The van der Waals surface area contributed by atoms with Gasteiger partial charge in [0.05, 0.1) is 11.3 Å². The second-order valence-corrected chi connectivity index (χ2v) is 6.06. The molecular weight excluding hydrogens is 324 g/mol. The van der Waals surface area contributed by atoms with Crippen molar-refractivity contribution in [3.05, 3.63) is 89.1 Å². The maximum Gasteiger partial charge on any atom is 0.133 e. The van der Waals surface area contributed by atoms with Gasteiger partial charge in [-0.05, 0) is 29.3 Å². The minimum absolute atomic E-state index is 0.445. The van der Waals surface area contributed by atoms with E-state index >= 15 is 0 Å². The number of aliphatic hydroxyl groups is 1. The molecule has 0 aliphatic rings. The highest BCUT2D eigenvalue weighted by Gasteiger charge is 2.17. The number of benzene rings is 1. The van der Waals surface area contributed by atoms with Crippen LogP contribution in [0.15, 0.2) is 71.6 Å². The maximum absolute atomic E-state index is 10.4. The minimum Gasteiger partial charge on any atom is -0.467 e. The number of aromatic nitrogens is 1. The molecule has 0 saturated heterocycles. The fourth-order valence-electron chi connectivity index (χ4n) is 2.62. The quantitative estimate of drug-likeness (QED) is 0.703. The van der Waals surface area contributed by atoms with Gasteiger partial charge in [-0.1, -0.05) is 41.9 Å². The van der Waals surface area contributed by atoms with E-state index in [2.05, 4.69) is 22.0 Å². The third-order valence-corrected chi connectivity index (χ3v) is 4.14. The van der Waals surface area contributed by atoms with Crippen LogP contribution in [0.2, 0.25) is 5.02 Å². The second-order valence-electron chi connectivity index (χ2n) is 5.65. The Morgan fingerprint density at radius 1 is 1.08 bits per heavy atom. The molecule has 124 valence electrons. The average molecular weight is 343 g/mol. The molecule has 0 spiro atoms. The van der Waals surface area contributed by atoms with Gasteiger partial charge in [-0.25, -0.2) is 0 Å². The molecule has 1 N–H and O–H groups in total. The first-order valence-corrected chi connectivity index (χ1v) is 8.16. The number of pyridine rings is 1. The largest absolute Gasteiger partial charge is 0.467 e. The highest BCUT2D eigenvalue weighted by molar-refractivity contribution is 6.31. The lowest BCUT2D eigenvalue weighted by atomic mass is 10.1. The van der Waals surface area contributed by atoms with Crippen LogP contribution >= 0.6 is 11.6 Å². The Kier molecular flexibility index (Phi) is 5.64. The Morgan fingerprint density at radius 2 is 1.92 bits per heavy atom. The molecule has 5 heteroatoms. The summed E-state index contributed by atoms with van der Waals surface area (Å²) >= 11 is 6.24. The Hall–Kier alpha value is -2.14. The van der Waals surface area contributed by atoms with Crippen molar-refractivity contribution in [2.24, 2.45) is 0 Å². The highest BCUT2D eigenvalue weighted by Crippen LogP contribution is 2.21. The zero-order chi connectivity index (χ0) is 16.8. The summed E-state index contributed by atoms with van der Waals surface area (Å²) in [4.78, 5) is 6.17. The Morgan fingerprint density at radius 3 is 2.62 bits per heavy atom. The fraction of sp³-hybridized carbons (Fsp3) is 0.211. The molecule has 0 bridgehead atoms. The van der Waals surface area contributed by atoms with Crippen molar-refractivity contribution in [1.29, 1.82) is 0 Å². The molecule has 3 aromatic rings. The van der Waals surface area contributed by atoms with Gasteiger partial charge < -0.3 is 9.52 Å². The van der Waals surface area contributed by atoms with Crippen molar-refractivity contribution in [2.75, 3.05) is 6.54 Å². The predicted molar refractivity (Wildman–Crippen MR) is 93.5 cm³/mol. The lowest BCUT2D eigenvalue weighted by molar-refractivity contribution is 0.0873. The lowest BCUT2D eigenvalue weighted by Gasteiger charge is -2.25. The summed E-state index contributed by atoms with van der Waals surface area (Å²) in [7, 11) is 0. The molecule has 0 saturated carbocycles. The van der Waals surface area contributed by atoms with E-state index in [0.717, 1.165) is 5.56 Å². The first-order valence-electron chi connectivity index (χ1n) is 7.78. The monoisotopic (exact) mass is 342 g/mol. The van der Waals surface area contributed by atoms with E-state index < -0.39 is 6.10 Å². The summed E-state index contributed by atoms with van der Waals surface area (Å²) in [5, 5.41) is 11.1. The van der Waals surface area contributed by atoms with Crippen LogP contribution in [0.4, 0.5) is 0 Å². The van der Waals surface area contributed by atoms with Gasteiger partial charge in [0.1, 0.15) is 11.9 Å². The first kappa shape index (κ1) is 16.7. The van der Waals surface area contributed by atoms with Crippen LogP contribution < -0.4 is 0 Å². The number of aliphatic hydroxyl groups excluding tert-OH is 1. The van der Waals surface area contributed by atoms with Gasteiger partial charge in [-0.15, -0.1) is 0 Å². The van der Waals surface area contributed by atoms with E-state index in [9.17, 15) is 5.11 Å². The number of furan rings is 1. The van der Waals surface area contributed by atoms with Crippen LogP contribution in [-0.2, 0) is 13.1 Å². The van der Waals surface area contributed by atoms with Crippen LogP contribution in [0.3, 0.4) is 0 Å². The number of rotatable bonds is 7. The molecule has 1 atom stereocenters. The van der Waals surface area contributed by atoms with Crippen molar-refractivity contribution in [3.63, 3.8) is 0 Å². The summed E-state index contributed by atoms with van der Waals surface area (Å²) in [5.74, 6) is 0.564. The first-order chi connectivity index (χ1) is 11.7. The molecular formula is C19H19ClN2O2. The molecule has 0 radical (unpaired) electrons. The van der Waals surface area contributed by atoms with Crippen LogP contribution in [0.25, 0.3) is 0 Å².